The number of rotatable bonds is 7. The fourth-order valence-electron chi connectivity index (χ4n) is 3.05. The highest BCUT2D eigenvalue weighted by Gasteiger charge is 2.20. The van der Waals surface area contributed by atoms with Crippen molar-refractivity contribution >= 4 is 11.6 Å². The molecule has 0 aliphatic carbocycles. The summed E-state index contributed by atoms with van der Waals surface area (Å²) in [7, 11) is 1.65. The largest absolute Gasteiger partial charge is 0.497 e. The second kappa shape index (κ2) is 9.20. The second-order valence-electron chi connectivity index (χ2n) is 6.88. The summed E-state index contributed by atoms with van der Waals surface area (Å²) in [6.07, 6.45) is 0. The van der Waals surface area contributed by atoms with Crippen molar-refractivity contribution in [1.82, 2.24) is 5.32 Å². The number of hydrogen-bond donors (Lipinski definition) is 2. The maximum absolute atomic E-state index is 13.1. The molecular weight excluding hydrogens is 348 g/mol. The van der Waals surface area contributed by atoms with Crippen LogP contribution in [0.1, 0.15) is 28.3 Å². The summed E-state index contributed by atoms with van der Waals surface area (Å²) >= 11 is 0. The topological polar surface area (TPSA) is 50.4 Å². The first-order valence-corrected chi connectivity index (χ1v) is 9.36. The molecule has 3 rings (SSSR count). The first-order chi connectivity index (χ1) is 13.6. The van der Waals surface area contributed by atoms with Gasteiger partial charge in [0, 0.05) is 12.2 Å². The van der Waals surface area contributed by atoms with Crippen LogP contribution in [-0.4, -0.2) is 13.0 Å². The van der Waals surface area contributed by atoms with Gasteiger partial charge in [-0.15, -0.1) is 0 Å². The van der Waals surface area contributed by atoms with Crippen LogP contribution in [0.15, 0.2) is 72.8 Å². The predicted molar refractivity (Wildman–Crippen MR) is 114 cm³/mol. The zero-order valence-corrected chi connectivity index (χ0v) is 16.5. The van der Waals surface area contributed by atoms with Crippen molar-refractivity contribution in [3.8, 4) is 5.75 Å². The maximum atomic E-state index is 13.1. The van der Waals surface area contributed by atoms with Crippen LogP contribution >= 0.6 is 0 Å². The van der Waals surface area contributed by atoms with Gasteiger partial charge in [0.25, 0.3) is 0 Å². The Labute approximate surface area is 166 Å². The lowest BCUT2D eigenvalue weighted by Gasteiger charge is -2.20. The molecule has 3 aromatic rings. The van der Waals surface area contributed by atoms with Crippen LogP contribution in [0.4, 0.5) is 5.69 Å². The summed E-state index contributed by atoms with van der Waals surface area (Å²) in [6.45, 7) is 4.59. The van der Waals surface area contributed by atoms with Crippen LogP contribution < -0.4 is 15.4 Å². The number of aryl methyl sites for hydroxylation is 2. The lowest BCUT2D eigenvalue weighted by atomic mass is 10.0. The molecule has 0 spiro atoms. The van der Waals surface area contributed by atoms with Crippen LogP contribution in [0.3, 0.4) is 0 Å². The Balaban J connectivity index is 1.78. The van der Waals surface area contributed by atoms with Crippen LogP contribution in [-0.2, 0) is 11.3 Å². The number of carbonyl (C=O) groups excluding carboxylic acids is 1. The van der Waals surface area contributed by atoms with E-state index in [0.717, 1.165) is 33.7 Å². The highest BCUT2D eigenvalue weighted by atomic mass is 16.5. The molecule has 0 aliphatic heterocycles. The summed E-state index contributed by atoms with van der Waals surface area (Å²) in [5.41, 5.74) is 5.02. The van der Waals surface area contributed by atoms with Gasteiger partial charge in [-0.1, -0.05) is 54.6 Å². The van der Waals surface area contributed by atoms with E-state index in [1.54, 1.807) is 7.11 Å². The molecule has 144 valence electrons. The minimum Gasteiger partial charge on any atom is -0.497 e. The van der Waals surface area contributed by atoms with E-state index >= 15 is 0 Å². The molecule has 28 heavy (non-hydrogen) atoms. The van der Waals surface area contributed by atoms with Gasteiger partial charge >= 0.3 is 0 Å². The van der Waals surface area contributed by atoms with Gasteiger partial charge in [-0.25, -0.2) is 0 Å². The highest BCUT2D eigenvalue weighted by molar-refractivity contribution is 5.96. The number of amides is 1. The van der Waals surface area contributed by atoms with E-state index in [4.69, 9.17) is 4.74 Å². The summed E-state index contributed by atoms with van der Waals surface area (Å²) in [4.78, 5) is 13.1. The average molecular weight is 374 g/mol. The molecule has 0 bridgehead atoms. The van der Waals surface area contributed by atoms with Crippen LogP contribution in [0.5, 0.6) is 5.75 Å². The summed E-state index contributed by atoms with van der Waals surface area (Å²) < 4.78 is 5.21. The van der Waals surface area contributed by atoms with Crippen LogP contribution in [0.25, 0.3) is 0 Å². The van der Waals surface area contributed by atoms with Crippen molar-refractivity contribution in [2.24, 2.45) is 0 Å². The molecule has 0 aromatic heterocycles. The molecule has 0 unspecified atom stereocenters. The number of anilines is 1. The average Bonchev–Trinajstić information content (AvgIpc) is 2.72. The second-order valence-corrected chi connectivity index (χ2v) is 6.88. The zero-order chi connectivity index (χ0) is 19.9. The van der Waals surface area contributed by atoms with E-state index < -0.39 is 6.04 Å². The minimum atomic E-state index is -0.455. The van der Waals surface area contributed by atoms with Crippen molar-refractivity contribution in [3.05, 3.63) is 95.1 Å². The monoisotopic (exact) mass is 374 g/mol. The summed E-state index contributed by atoms with van der Waals surface area (Å²) in [6, 6.07) is 23.2. The van der Waals surface area contributed by atoms with Crippen LogP contribution in [0.2, 0.25) is 0 Å². The number of methoxy groups -OCH3 is 1. The molecule has 3 aromatic carbocycles. The zero-order valence-electron chi connectivity index (χ0n) is 16.5. The standard InChI is InChI=1S/C24H26N2O2/c1-17-9-10-18(2)22(15-17)26-24(27)23(20-7-5-4-6-8-20)25-16-19-11-13-21(28-3)14-12-19/h4-15,23,25H,16H2,1-3H3,(H,26,27)/t23-/m1/s1. The van der Waals surface area contributed by atoms with Gasteiger partial charge in [-0.2, -0.15) is 0 Å². The summed E-state index contributed by atoms with van der Waals surface area (Å²) in [5, 5.41) is 6.47. The quantitative estimate of drug-likeness (QED) is 0.626. The SMILES string of the molecule is COc1ccc(CN[C@@H](C(=O)Nc2cc(C)ccc2C)c2ccccc2)cc1. The normalized spacial score (nSPS) is 11.7. The number of benzene rings is 3. The minimum absolute atomic E-state index is 0.0755. The Morgan fingerprint density at radius 2 is 1.68 bits per heavy atom. The van der Waals surface area contributed by atoms with Crippen molar-refractivity contribution in [1.29, 1.82) is 0 Å². The summed E-state index contributed by atoms with van der Waals surface area (Å²) in [5.74, 6) is 0.740. The predicted octanol–water partition coefficient (Wildman–Crippen LogP) is 4.78. The first kappa shape index (κ1) is 19.6. The molecule has 2 N–H and O–H groups in total. The van der Waals surface area contributed by atoms with E-state index in [-0.39, 0.29) is 5.91 Å². The van der Waals surface area contributed by atoms with Crippen molar-refractivity contribution in [2.75, 3.05) is 12.4 Å². The Hall–Kier alpha value is -3.11. The molecule has 4 heteroatoms. The first-order valence-electron chi connectivity index (χ1n) is 9.36. The molecule has 0 fully saturated rings. The Kier molecular flexibility index (Phi) is 6.45. The third kappa shape index (κ3) is 4.99. The van der Waals surface area contributed by atoms with Gasteiger partial charge in [0.1, 0.15) is 11.8 Å². The van der Waals surface area contributed by atoms with E-state index in [0.29, 0.717) is 6.54 Å². The lowest BCUT2D eigenvalue weighted by Crippen LogP contribution is -2.33. The van der Waals surface area contributed by atoms with Gasteiger partial charge in [0.05, 0.1) is 7.11 Å². The highest BCUT2D eigenvalue weighted by Crippen LogP contribution is 2.21. The van der Waals surface area contributed by atoms with Crippen molar-refractivity contribution in [2.45, 2.75) is 26.4 Å². The molecule has 1 atom stereocenters. The third-order valence-corrected chi connectivity index (χ3v) is 4.72. The fraction of sp³-hybridized carbons (Fsp3) is 0.208. The molecule has 4 nitrogen and oxygen atoms in total. The van der Waals surface area contributed by atoms with Crippen LogP contribution in [0, 0.1) is 13.8 Å². The van der Waals surface area contributed by atoms with E-state index in [9.17, 15) is 4.79 Å². The van der Waals surface area contributed by atoms with Gasteiger partial charge in [0.15, 0.2) is 0 Å². The molecule has 0 heterocycles. The van der Waals surface area contributed by atoms with E-state index in [1.807, 2.05) is 86.6 Å². The Morgan fingerprint density at radius 1 is 0.964 bits per heavy atom. The molecule has 0 saturated heterocycles. The third-order valence-electron chi connectivity index (χ3n) is 4.72. The Morgan fingerprint density at radius 3 is 2.36 bits per heavy atom. The molecule has 0 saturated carbocycles. The van der Waals surface area contributed by atoms with Crippen molar-refractivity contribution < 1.29 is 9.53 Å². The van der Waals surface area contributed by atoms with Gasteiger partial charge < -0.3 is 10.1 Å². The lowest BCUT2D eigenvalue weighted by molar-refractivity contribution is -0.118. The number of carbonyl (C=O) groups is 1. The number of ether oxygens (including phenoxy) is 1. The number of hydrogen-bond acceptors (Lipinski definition) is 3. The van der Waals surface area contributed by atoms with E-state index in [1.165, 1.54) is 0 Å². The molecule has 1 amide bonds. The smallest absolute Gasteiger partial charge is 0.246 e. The fourth-order valence-corrected chi connectivity index (χ4v) is 3.05. The van der Waals surface area contributed by atoms with E-state index in [2.05, 4.69) is 10.6 Å². The van der Waals surface area contributed by atoms with Crippen molar-refractivity contribution in [3.63, 3.8) is 0 Å². The molecule has 0 aliphatic rings. The maximum Gasteiger partial charge on any atom is 0.246 e. The van der Waals surface area contributed by atoms with Gasteiger partial charge in [0.2, 0.25) is 5.91 Å². The molecule has 0 radical (unpaired) electrons. The van der Waals surface area contributed by atoms with Gasteiger partial charge in [-0.05, 0) is 54.3 Å². The van der Waals surface area contributed by atoms with Gasteiger partial charge in [-0.3, -0.25) is 10.1 Å². The number of nitrogens with one attached hydrogen (secondary N) is 2. The Bertz CT molecular complexity index is 921. The molecular formula is C24H26N2O2.